The summed E-state index contributed by atoms with van der Waals surface area (Å²) in [5, 5.41) is 3.09. The number of benzene rings is 1. The summed E-state index contributed by atoms with van der Waals surface area (Å²) in [6, 6.07) is 6.01. The smallest absolute Gasteiger partial charge is 0.251 e. The summed E-state index contributed by atoms with van der Waals surface area (Å²) in [6.45, 7) is 4.10. The number of hydrogen-bond acceptors (Lipinski definition) is 1. The van der Waals surface area contributed by atoms with E-state index in [4.69, 9.17) is 0 Å². The lowest BCUT2D eigenvalue weighted by Gasteiger charge is -2.31. The van der Waals surface area contributed by atoms with Crippen molar-refractivity contribution in [2.75, 3.05) is 0 Å². The Kier molecular flexibility index (Phi) is 3.87. The molecule has 0 spiro atoms. The molecule has 0 aromatic heterocycles. The summed E-state index contributed by atoms with van der Waals surface area (Å²) >= 11 is 3.44. The van der Waals surface area contributed by atoms with E-state index < -0.39 is 0 Å². The lowest BCUT2D eigenvalue weighted by Crippen LogP contribution is -2.40. The normalized spacial score (nSPS) is 17.4. The Morgan fingerprint density at radius 1 is 1.47 bits per heavy atom. The van der Waals surface area contributed by atoms with Crippen LogP contribution in [0.3, 0.4) is 0 Å². The number of amides is 1. The molecule has 0 radical (unpaired) electrons. The summed E-state index contributed by atoms with van der Waals surface area (Å²) in [5.74, 6) is 0.718. The molecule has 1 saturated carbocycles. The molecule has 0 saturated heterocycles. The first-order chi connectivity index (χ1) is 8.08. The first-order valence-electron chi connectivity index (χ1n) is 6.15. The third-order valence-corrected chi connectivity index (χ3v) is 4.53. The van der Waals surface area contributed by atoms with Crippen LogP contribution >= 0.6 is 15.9 Å². The van der Waals surface area contributed by atoms with Gasteiger partial charge in [-0.3, -0.25) is 4.79 Å². The molecular formula is C14H18BrNO. The summed E-state index contributed by atoms with van der Waals surface area (Å²) in [5.41, 5.74) is 1.84. The molecule has 17 heavy (non-hydrogen) atoms. The minimum atomic E-state index is 0.0417. The third kappa shape index (κ3) is 2.89. The second-order valence-electron chi connectivity index (χ2n) is 4.92. The average molecular weight is 296 g/mol. The van der Waals surface area contributed by atoms with Crippen LogP contribution in [0.2, 0.25) is 0 Å². The Morgan fingerprint density at radius 2 is 2.18 bits per heavy atom. The van der Waals surface area contributed by atoms with Crippen molar-refractivity contribution in [3.8, 4) is 0 Å². The SMILES string of the molecule is Cc1cc(C(=O)NC(C)C2CCC2)ccc1Br. The molecule has 2 nitrogen and oxygen atoms in total. The molecule has 1 aliphatic carbocycles. The Labute approximate surface area is 111 Å². The zero-order valence-corrected chi connectivity index (χ0v) is 11.9. The molecular weight excluding hydrogens is 278 g/mol. The van der Waals surface area contributed by atoms with E-state index in [2.05, 4.69) is 28.2 Å². The molecule has 0 bridgehead atoms. The van der Waals surface area contributed by atoms with E-state index in [0.717, 1.165) is 15.6 Å². The highest BCUT2D eigenvalue weighted by atomic mass is 79.9. The van der Waals surface area contributed by atoms with E-state index in [-0.39, 0.29) is 5.91 Å². The molecule has 1 aliphatic rings. The van der Waals surface area contributed by atoms with Crippen LogP contribution in [-0.2, 0) is 0 Å². The highest BCUT2D eigenvalue weighted by Crippen LogP contribution is 2.29. The van der Waals surface area contributed by atoms with Gasteiger partial charge in [0.2, 0.25) is 0 Å². The fourth-order valence-electron chi connectivity index (χ4n) is 2.13. The zero-order chi connectivity index (χ0) is 12.4. The summed E-state index contributed by atoms with van der Waals surface area (Å²) in [6.07, 6.45) is 3.81. The standard InChI is InChI=1S/C14H18BrNO/c1-9-8-12(6-7-13(9)15)14(17)16-10(2)11-4-3-5-11/h6-8,10-11H,3-5H2,1-2H3,(H,16,17). The molecule has 1 fully saturated rings. The number of aryl methyl sites for hydroxylation is 1. The third-order valence-electron chi connectivity index (χ3n) is 3.64. The summed E-state index contributed by atoms with van der Waals surface area (Å²) < 4.78 is 1.04. The van der Waals surface area contributed by atoms with Gasteiger partial charge >= 0.3 is 0 Å². The van der Waals surface area contributed by atoms with Crippen LogP contribution in [0, 0.1) is 12.8 Å². The predicted octanol–water partition coefficient (Wildman–Crippen LogP) is 3.68. The number of hydrogen-bond donors (Lipinski definition) is 1. The van der Waals surface area contributed by atoms with Crippen molar-refractivity contribution in [3.05, 3.63) is 33.8 Å². The highest BCUT2D eigenvalue weighted by Gasteiger charge is 2.25. The molecule has 1 amide bonds. The molecule has 2 rings (SSSR count). The number of nitrogens with one attached hydrogen (secondary N) is 1. The Bertz CT molecular complexity index is 426. The van der Waals surface area contributed by atoms with Crippen molar-refractivity contribution in [2.24, 2.45) is 5.92 Å². The topological polar surface area (TPSA) is 29.1 Å². The van der Waals surface area contributed by atoms with Gasteiger partial charge in [-0.2, -0.15) is 0 Å². The predicted molar refractivity (Wildman–Crippen MR) is 73.1 cm³/mol. The molecule has 1 unspecified atom stereocenters. The van der Waals surface area contributed by atoms with Crippen LogP contribution in [0.25, 0.3) is 0 Å². The first kappa shape index (κ1) is 12.6. The Hall–Kier alpha value is -0.830. The van der Waals surface area contributed by atoms with Crippen molar-refractivity contribution >= 4 is 21.8 Å². The van der Waals surface area contributed by atoms with Gasteiger partial charge < -0.3 is 5.32 Å². The van der Waals surface area contributed by atoms with Gasteiger partial charge in [-0.05, 0) is 56.4 Å². The molecule has 1 N–H and O–H groups in total. The maximum absolute atomic E-state index is 12.0. The molecule has 1 aromatic carbocycles. The van der Waals surface area contributed by atoms with Gasteiger partial charge in [-0.15, -0.1) is 0 Å². The maximum Gasteiger partial charge on any atom is 0.251 e. The van der Waals surface area contributed by atoms with E-state index in [1.807, 2.05) is 25.1 Å². The van der Waals surface area contributed by atoms with Gasteiger partial charge in [0.25, 0.3) is 5.91 Å². The molecule has 1 atom stereocenters. The van der Waals surface area contributed by atoms with Crippen LogP contribution in [0.15, 0.2) is 22.7 Å². The molecule has 92 valence electrons. The fourth-order valence-corrected chi connectivity index (χ4v) is 2.38. The van der Waals surface area contributed by atoms with Crippen molar-refractivity contribution in [1.29, 1.82) is 0 Å². The summed E-state index contributed by atoms with van der Waals surface area (Å²) in [4.78, 5) is 12.0. The van der Waals surface area contributed by atoms with Crippen molar-refractivity contribution in [2.45, 2.75) is 39.2 Å². The second kappa shape index (κ2) is 5.21. The minimum Gasteiger partial charge on any atom is -0.349 e. The lowest BCUT2D eigenvalue weighted by molar-refractivity contribution is 0.0909. The Balaban J connectivity index is 2.01. The highest BCUT2D eigenvalue weighted by molar-refractivity contribution is 9.10. The van der Waals surface area contributed by atoms with Gasteiger partial charge in [0, 0.05) is 16.1 Å². The lowest BCUT2D eigenvalue weighted by atomic mass is 9.80. The number of carbonyl (C=O) groups is 1. The van der Waals surface area contributed by atoms with Crippen LogP contribution in [0.5, 0.6) is 0 Å². The number of carbonyl (C=O) groups excluding carboxylic acids is 1. The van der Waals surface area contributed by atoms with Crippen molar-refractivity contribution < 1.29 is 4.79 Å². The largest absolute Gasteiger partial charge is 0.349 e. The maximum atomic E-state index is 12.0. The van der Waals surface area contributed by atoms with Gasteiger partial charge in [0.1, 0.15) is 0 Å². The van der Waals surface area contributed by atoms with E-state index in [0.29, 0.717) is 12.0 Å². The van der Waals surface area contributed by atoms with Gasteiger partial charge in [0.15, 0.2) is 0 Å². The quantitative estimate of drug-likeness (QED) is 0.906. The van der Waals surface area contributed by atoms with E-state index >= 15 is 0 Å². The van der Waals surface area contributed by atoms with E-state index in [9.17, 15) is 4.79 Å². The zero-order valence-electron chi connectivity index (χ0n) is 10.3. The average Bonchev–Trinajstić information content (AvgIpc) is 2.19. The Morgan fingerprint density at radius 3 is 2.71 bits per heavy atom. The molecule has 1 aromatic rings. The van der Waals surface area contributed by atoms with Gasteiger partial charge in [-0.25, -0.2) is 0 Å². The second-order valence-corrected chi connectivity index (χ2v) is 5.77. The van der Waals surface area contributed by atoms with Crippen LogP contribution in [0.1, 0.15) is 42.1 Å². The van der Waals surface area contributed by atoms with Crippen LogP contribution in [-0.4, -0.2) is 11.9 Å². The van der Waals surface area contributed by atoms with E-state index in [1.54, 1.807) is 0 Å². The van der Waals surface area contributed by atoms with Crippen LogP contribution in [0.4, 0.5) is 0 Å². The molecule has 0 heterocycles. The van der Waals surface area contributed by atoms with Crippen LogP contribution < -0.4 is 5.32 Å². The van der Waals surface area contributed by atoms with Gasteiger partial charge in [-0.1, -0.05) is 22.4 Å². The summed E-state index contributed by atoms with van der Waals surface area (Å²) in [7, 11) is 0. The monoisotopic (exact) mass is 295 g/mol. The molecule has 0 aliphatic heterocycles. The van der Waals surface area contributed by atoms with Crippen molar-refractivity contribution in [1.82, 2.24) is 5.32 Å². The van der Waals surface area contributed by atoms with Crippen molar-refractivity contribution in [3.63, 3.8) is 0 Å². The van der Waals surface area contributed by atoms with E-state index in [1.165, 1.54) is 19.3 Å². The van der Waals surface area contributed by atoms with Gasteiger partial charge in [0.05, 0.1) is 0 Å². The minimum absolute atomic E-state index is 0.0417. The molecule has 3 heteroatoms. The fraction of sp³-hybridized carbons (Fsp3) is 0.500. The number of rotatable bonds is 3. The first-order valence-corrected chi connectivity index (χ1v) is 6.94. The number of halogens is 1.